The average Bonchev–Trinajstić information content (AvgIpc) is 3.34. The third kappa shape index (κ3) is 5.84. The van der Waals surface area contributed by atoms with Crippen molar-refractivity contribution < 1.29 is 43.4 Å². The van der Waals surface area contributed by atoms with Crippen LogP contribution in [0.3, 0.4) is 0 Å². The molecule has 0 radical (unpaired) electrons. The van der Waals surface area contributed by atoms with Crippen LogP contribution >= 0.6 is 0 Å². The minimum absolute atomic E-state index is 0.107. The van der Waals surface area contributed by atoms with Crippen molar-refractivity contribution in [2.45, 2.75) is 149 Å². The van der Waals surface area contributed by atoms with Crippen LogP contribution in [0.4, 0.5) is 0 Å². The van der Waals surface area contributed by atoms with Crippen LogP contribution < -0.4 is 5.73 Å². The van der Waals surface area contributed by atoms with Crippen LogP contribution in [-0.2, 0) is 43.4 Å². The Bertz CT molecular complexity index is 1140. The molecule has 6 rings (SSSR count). The quantitative estimate of drug-likeness (QED) is 0.270. The van der Waals surface area contributed by atoms with Crippen molar-refractivity contribution in [1.29, 1.82) is 0 Å². The number of hydrogen-bond acceptors (Lipinski definition) is 9. The van der Waals surface area contributed by atoms with Gasteiger partial charge in [-0.15, -0.1) is 0 Å². The molecule has 0 aromatic rings. The molecule has 1 amide bonds. The molecule has 10 heteroatoms. The molecule has 6 aliphatic rings. The normalized spacial score (nSPS) is 48.1. The van der Waals surface area contributed by atoms with Gasteiger partial charge < -0.3 is 15.2 Å². The molecule has 10 atom stereocenters. The third-order valence-corrected chi connectivity index (χ3v) is 13.7. The van der Waals surface area contributed by atoms with Crippen LogP contribution in [0, 0.1) is 52.3 Å². The van der Waals surface area contributed by atoms with E-state index in [1.807, 2.05) is 0 Å². The Morgan fingerprint density at radius 3 is 2.11 bits per heavy atom. The lowest BCUT2D eigenvalue weighted by Gasteiger charge is -2.65. The highest BCUT2D eigenvalue weighted by atomic mass is 17.4. The van der Waals surface area contributed by atoms with Crippen LogP contribution in [0.1, 0.15) is 125 Å². The predicted molar refractivity (Wildman–Crippen MR) is 162 cm³/mol. The second-order valence-corrected chi connectivity index (χ2v) is 16.3. The number of amides is 1. The molecule has 2 spiro atoms. The van der Waals surface area contributed by atoms with Gasteiger partial charge in [0.1, 0.15) is 12.2 Å². The topological polar surface area (TPSA) is 133 Å². The third-order valence-electron chi connectivity index (χ3n) is 13.7. The van der Waals surface area contributed by atoms with Gasteiger partial charge in [0, 0.05) is 57.3 Å². The maximum atomic E-state index is 12.6. The number of esters is 2. The van der Waals surface area contributed by atoms with E-state index in [0.717, 1.165) is 44.9 Å². The molecule has 5 saturated carbocycles. The number of hydrogen-bond donors (Lipinski definition) is 1. The fourth-order valence-corrected chi connectivity index (χ4v) is 11.2. The second-order valence-electron chi connectivity index (χ2n) is 16.3. The van der Waals surface area contributed by atoms with E-state index in [-0.39, 0.29) is 76.4 Å². The summed E-state index contributed by atoms with van der Waals surface area (Å²) in [6.07, 6.45) is 9.41. The molecule has 1 heterocycles. The van der Waals surface area contributed by atoms with Crippen molar-refractivity contribution >= 4 is 17.8 Å². The molecule has 45 heavy (non-hydrogen) atoms. The molecule has 0 aromatic heterocycles. The molecule has 1 aliphatic heterocycles. The van der Waals surface area contributed by atoms with Crippen LogP contribution in [0.25, 0.3) is 0 Å². The van der Waals surface area contributed by atoms with Gasteiger partial charge in [-0.2, -0.15) is 19.6 Å². The van der Waals surface area contributed by atoms with Gasteiger partial charge in [0.15, 0.2) is 0 Å². The summed E-state index contributed by atoms with van der Waals surface area (Å²) in [4.78, 5) is 61.3. The van der Waals surface area contributed by atoms with Crippen molar-refractivity contribution in [3.63, 3.8) is 0 Å². The van der Waals surface area contributed by atoms with Gasteiger partial charge in [-0.1, -0.05) is 27.7 Å². The first-order valence-corrected chi connectivity index (χ1v) is 17.6. The molecule has 10 nitrogen and oxygen atoms in total. The van der Waals surface area contributed by atoms with E-state index in [0.29, 0.717) is 44.4 Å². The zero-order chi connectivity index (χ0) is 32.4. The lowest BCUT2D eigenvalue weighted by molar-refractivity contribution is -0.665. The van der Waals surface area contributed by atoms with Gasteiger partial charge >= 0.3 is 11.9 Å². The van der Waals surface area contributed by atoms with E-state index in [1.165, 1.54) is 13.8 Å². The Morgan fingerprint density at radius 1 is 0.844 bits per heavy atom. The number of rotatable bonds is 6. The Kier molecular flexibility index (Phi) is 8.88. The molecular formula is C35H55NO9. The summed E-state index contributed by atoms with van der Waals surface area (Å²) in [7, 11) is 0. The van der Waals surface area contributed by atoms with Gasteiger partial charge in [0.2, 0.25) is 17.5 Å². The van der Waals surface area contributed by atoms with Gasteiger partial charge in [-0.05, 0) is 92.3 Å². The van der Waals surface area contributed by atoms with Crippen molar-refractivity contribution in [3.8, 4) is 0 Å². The number of primary amides is 1. The van der Waals surface area contributed by atoms with Crippen molar-refractivity contribution in [2.24, 2.45) is 58.0 Å². The van der Waals surface area contributed by atoms with Gasteiger partial charge in [-0.3, -0.25) is 14.4 Å². The maximum absolute atomic E-state index is 12.6. The zero-order valence-corrected chi connectivity index (χ0v) is 28.1. The van der Waals surface area contributed by atoms with E-state index in [2.05, 4.69) is 27.7 Å². The molecule has 2 N–H and O–H groups in total. The number of ether oxygens (including phenoxy) is 2. The number of carbonyl (C=O) groups is 3. The lowest BCUT2D eigenvalue weighted by atomic mass is 9.42. The Balaban J connectivity index is 1.28. The van der Waals surface area contributed by atoms with Crippen LogP contribution in [-0.4, -0.2) is 41.6 Å². The first-order valence-electron chi connectivity index (χ1n) is 17.6. The highest BCUT2D eigenvalue weighted by Crippen LogP contribution is 2.70. The van der Waals surface area contributed by atoms with E-state index >= 15 is 0 Å². The Labute approximate surface area is 267 Å². The molecule has 254 valence electrons. The molecule has 6 fully saturated rings. The predicted octanol–water partition coefficient (Wildman–Crippen LogP) is 6.14. The van der Waals surface area contributed by atoms with Gasteiger partial charge in [0.25, 0.3) is 0 Å². The van der Waals surface area contributed by atoms with Crippen molar-refractivity contribution in [2.75, 3.05) is 0 Å². The monoisotopic (exact) mass is 633 g/mol. The summed E-state index contributed by atoms with van der Waals surface area (Å²) < 4.78 is 12.5. The molecule has 0 aromatic carbocycles. The highest BCUT2D eigenvalue weighted by molar-refractivity contribution is 5.73. The molecule has 0 bridgehead atoms. The zero-order valence-electron chi connectivity index (χ0n) is 28.1. The smallest absolute Gasteiger partial charge is 0.302 e. The largest absolute Gasteiger partial charge is 0.462 e. The Hall–Kier alpha value is -1.75. The fraction of sp³-hybridized carbons (Fsp3) is 0.914. The van der Waals surface area contributed by atoms with Gasteiger partial charge in [-0.25, -0.2) is 0 Å². The first-order chi connectivity index (χ1) is 21.2. The molecule has 5 aliphatic carbocycles. The van der Waals surface area contributed by atoms with E-state index in [1.54, 1.807) is 0 Å². The van der Waals surface area contributed by atoms with E-state index in [9.17, 15) is 14.4 Å². The van der Waals surface area contributed by atoms with E-state index in [4.69, 9.17) is 34.8 Å². The summed E-state index contributed by atoms with van der Waals surface area (Å²) in [5.41, 5.74) is 5.12. The Morgan fingerprint density at radius 2 is 1.49 bits per heavy atom. The number of nitrogens with two attached hydrogens (primary N) is 1. The summed E-state index contributed by atoms with van der Waals surface area (Å²) in [6.45, 7) is 12.1. The van der Waals surface area contributed by atoms with Crippen LogP contribution in [0.2, 0.25) is 0 Å². The summed E-state index contributed by atoms with van der Waals surface area (Å²) in [6, 6.07) is 0. The number of carbonyl (C=O) groups excluding carboxylic acids is 3. The lowest BCUT2D eigenvalue weighted by Crippen LogP contribution is -2.65. The molecule has 1 saturated heterocycles. The van der Waals surface area contributed by atoms with E-state index < -0.39 is 11.6 Å². The second kappa shape index (κ2) is 12.0. The first kappa shape index (κ1) is 33.2. The summed E-state index contributed by atoms with van der Waals surface area (Å²) >= 11 is 0. The fourth-order valence-electron chi connectivity index (χ4n) is 11.2. The average molecular weight is 634 g/mol. The van der Waals surface area contributed by atoms with Crippen LogP contribution in [0.15, 0.2) is 0 Å². The van der Waals surface area contributed by atoms with Crippen molar-refractivity contribution in [1.82, 2.24) is 0 Å². The summed E-state index contributed by atoms with van der Waals surface area (Å²) in [5, 5.41) is 0. The highest BCUT2D eigenvalue weighted by Gasteiger charge is 2.69. The minimum Gasteiger partial charge on any atom is -0.462 e. The standard InChI is InChI=1S/C35H55NO9/c1-20-11-13-34(14-12-20)42-44-35(45-43-34)16-15-32(5)24(19-35)17-28(40-22(3)37)31-26-9-8-25(21(2)7-10-30(36)39)33(26,6)29(18-27(31)32)41-23(4)38/h20-21,24-29,31H,7-19H2,1-6H3,(H2,36,39)/t20?,21?,24-,25?,26?,27?,28-,29+,31?,32+,33-,34?,35?/m1/s1. The minimum atomic E-state index is -1.00. The SMILES string of the molecule is CC(=O)O[C@H]1CC2C(C3CCC(C(C)CCC(N)=O)[C@]31C)[C@H](OC(C)=O)C[C@@H]1CC3(CC[C@]21C)OOC1(CCC(C)CC1)OO3. The van der Waals surface area contributed by atoms with Gasteiger partial charge in [0.05, 0.1) is 0 Å². The molecule has 5 unspecified atom stereocenters. The summed E-state index contributed by atoms with van der Waals surface area (Å²) in [5.74, 6) is -0.882. The maximum Gasteiger partial charge on any atom is 0.302 e. The molecular weight excluding hydrogens is 578 g/mol. The van der Waals surface area contributed by atoms with Crippen molar-refractivity contribution in [3.05, 3.63) is 0 Å². The van der Waals surface area contributed by atoms with Crippen LogP contribution in [0.5, 0.6) is 0 Å². The number of fused-ring (bicyclic) bond motifs is 5.